The Morgan fingerprint density at radius 2 is 2.15 bits per heavy atom. The summed E-state index contributed by atoms with van der Waals surface area (Å²) in [5.74, 6) is -0.206. The van der Waals surface area contributed by atoms with Crippen molar-refractivity contribution in [3.05, 3.63) is 51.5 Å². The normalized spacial score (nSPS) is 16.0. The average Bonchev–Trinajstić information content (AvgIpc) is 3.03. The fourth-order valence-electron chi connectivity index (χ4n) is 3.30. The van der Waals surface area contributed by atoms with Crippen LogP contribution in [0.5, 0.6) is 0 Å². The third-order valence-electron chi connectivity index (χ3n) is 4.81. The second-order valence-corrected chi connectivity index (χ2v) is 7.93. The van der Waals surface area contributed by atoms with Crippen LogP contribution in [0.15, 0.2) is 30.3 Å². The van der Waals surface area contributed by atoms with Crippen molar-refractivity contribution in [3.8, 4) is 0 Å². The molecule has 0 radical (unpaired) electrons. The lowest BCUT2D eigenvalue weighted by Crippen LogP contribution is -2.34. The fourth-order valence-corrected chi connectivity index (χ4v) is 4.50. The Labute approximate surface area is 157 Å². The molecule has 0 spiro atoms. The molecule has 3 rings (SSSR count). The van der Waals surface area contributed by atoms with E-state index in [1.54, 1.807) is 24.5 Å². The summed E-state index contributed by atoms with van der Waals surface area (Å²) in [5.41, 5.74) is 1.67. The van der Waals surface area contributed by atoms with Crippen LogP contribution in [-0.2, 0) is 17.6 Å². The van der Waals surface area contributed by atoms with E-state index in [-0.39, 0.29) is 18.4 Å². The maximum atomic E-state index is 13.2. The van der Waals surface area contributed by atoms with Gasteiger partial charge in [-0.15, -0.1) is 11.3 Å². The number of carbonyl (C=O) groups excluding carboxylic acids is 2. The molecule has 6 heteroatoms. The van der Waals surface area contributed by atoms with Crippen molar-refractivity contribution in [3.63, 3.8) is 0 Å². The first-order valence-corrected chi connectivity index (χ1v) is 9.70. The van der Waals surface area contributed by atoms with Gasteiger partial charge in [-0.1, -0.05) is 19.4 Å². The summed E-state index contributed by atoms with van der Waals surface area (Å²) in [6.45, 7) is 2.13. The number of aryl methyl sites for hydroxylation is 1. The smallest absolute Gasteiger partial charge is 0.264 e. The van der Waals surface area contributed by atoms with Gasteiger partial charge in [0.05, 0.1) is 11.4 Å². The zero-order chi connectivity index (χ0) is 18.7. The molecule has 1 aliphatic carbocycles. The minimum absolute atomic E-state index is 0.0739. The van der Waals surface area contributed by atoms with E-state index in [4.69, 9.17) is 0 Å². The highest BCUT2D eigenvalue weighted by molar-refractivity contribution is 7.14. The third-order valence-corrected chi connectivity index (χ3v) is 6.03. The minimum Gasteiger partial charge on any atom is -0.332 e. The number of nitrogens with zero attached hydrogens (tertiary/aromatic N) is 1. The first kappa shape index (κ1) is 18.6. The average molecular weight is 374 g/mol. The summed E-state index contributed by atoms with van der Waals surface area (Å²) in [5, 5.41) is 2.61. The number of likely N-dealkylation sites (N-methyl/N-ethyl adjacent to an activating group) is 1. The molecule has 2 aromatic rings. The van der Waals surface area contributed by atoms with Gasteiger partial charge in [-0.3, -0.25) is 9.59 Å². The molecule has 0 fully saturated rings. The number of benzene rings is 1. The Kier molecular flexibility index (Phi) is 5.71. The van der Waals surface area contributed by atoms with Crippen molar-refractivity contribution in [2.45, 2.75) is 32.6 Å². The van der Waals surface area contributed by atoms with E-state index >= 15 is 0 Å². The summed E-state index contributed by atoms with van der Waals surface area (Å²) in [6.07, 6.45) is 4.43. The lowest BCUT2D eigenvalue weighted by molar-refractivity contribution is -0.116. The lowest BCUT2D eigenvalue weighted by atomic mass is 9.87. The highest BCUT2D eigenvalue weighted by Crippen LogP contribution is 2.33. The Morgan fingerprint density at radius 3 is 2.88 bits per heavy atom. The fraction of sp³-hybridized carbons (Fsp3) is 0.400. The number of thiophene rings is 1. The molecule has 1 aromatic carbocycles. The first-order chi connectivity index (χ1) is 12.5. The highest BCUT2D eigenvalue weighted by atomic mass is 32.1. The minimum atomic E-state index is -0.415. The van der Waals surface area contributed by atoms with E-state index in [0.29, 0.717) is 16.5 Å². The van der Waals surface area contributed by atoms with Crippen molar-refractivity contribution in [2.75, 3.05) is 18.9 Å². The number of carbonyl (C=O) groups is 2. The quantitative estimate of drug-likeness (QED) is 0.856. The summed E-state index contributed by atoms with van der Waals surface area (Å²) >= 11 is 1.54. The molecule has 0 aliphatic heterocycles. The number of hydrogen-bond acceptors (Lipinski definition) is 3. The van der Waals surface area contributed by atoms with E-state index in [1.165, 1.54) is 46.4 Å². The molecule has 1 heterocycles. The van der Waals surface area contributed by atoms with E-state index in [0.717, 1.165) is 12.8 Å². The maximum absolute atomic E-state index is 13.2. The van der Waals surface area contributed by atoms with Crippen LogP contribution in [0.4, 0.5) is 10.1 Å². The predicted molar refractivity (Wildman–Crippen MR) is 102 cm³/mol. The van der Waals surface area contributed by atoms with Crippen LogP contribution in [-0.4, -0.2) is 30.3 Å². The van der Waals surface area contributed by atoms with Crippen LogP contribution in [0, 0.1) is 11.7 Å². The van der Waals surface area contributed by atoms with Gasteiger partial charge in [0.1, 0.15) is 5.82 Å². The van der Waals surface area contributed by atoms with E-state index in [9.17, 15) is 14.0 Å². The molecule has 0 unspecified atom stereocenters. The summed E-state index contributed by atoms with van der Waals surface area (Å²) in [6, 6.07) is 7.69. The van der Waals surface area contributed by atoms with Gasteiger partial charge >= 0.3 is 0 Å². The molecule has 26 heavy (non-hydrogen) atoms. The van der Waals surface area contributed by atoms with Crippen molar-refractivity contribution in [1.82, 2.24) is 4.90 Å². The standard InChI is InChI=1S/C20H23FN2O2S/c1-3-13-7-8-17-14(9-13)10-18(26-17)20(25)23(2)12-19(24)22-16-6-4-5-15(21)11-16/h4-6,10-11,13H,3,7-9,12H2,1-2H3,(H,22,24)/t13-/m0/s1. The largest absolute Gasteiger partial charge is 0.332 e. The topological polar surface area (TPSA) is 49.4 Å². The van der Waals surface area contributed by atoms with Crippen molar-refractivity contribution >= 4 is 28.8 Å². The third kappa shape index (κ3) is 4.30. The molecular formula is C20H23FN2O2S. The molecule has 138 valence electrons. The predicted octanol–water partition coefficient (Wildman–Crippen LogP) is 4.11. The number of halogens is 1. The lowest BCUT2D eigenvalue weighted by Gasteiger charge is -2.19. The van der Waals surface area contributed by atoms with Crippen LogP contribution >= 0.6 is 11.3 Å². The Morgan fingerprint density at radius 1 is 1.35 bits per heavy atom. The SMILES string of the molecule is CC[C@H]1CCc2sc(C(=O)N(C)CC(=O)Nc3cccc(F)c3)cc2C1. The van der Waals surface area contributed by atoms with E-state index < -0.39 is 5.82 Å². The Balaban J connectivity index is 1.61. The molecule has 1 aliphatic rings. The zero-order valence-corrected chi connectivity index (χ0v) is 15.9. The van der Waals surface area contributed by atoms with Gasteiger partial charge in [-0.2, -0.15) is 0 Å². The maximum Gasteiger partial charge on any atom is 0.264 e. The summed E-state index contributed by atoms with van der Waals surface area (Å²) < 4.78 is 13.2. The molecule has 2 amide bonds. The number of fused-ring (bicyclic) bond motifs is 1. The van der Waals surface area contributed by atoms with Crippen LogP contribution in [0.2, 0.25) is 0 Å². The van der Waals surface area contributed by atoms with Gasteiger partial charge in [-0.05, 0) is 55.0 Å². The molecular weight excluding hydrogens is 351 g/mol. The second kappa shape index (κ2) is 7.99. The van der Waals surface area contributed by atoms with Gasteiger partial charge in [0, 0.05) is 17.6 Å². The first-order valence-electron chi connectivity index (χ1n) is 8.88. The van der Waals surface area contributed by atoms with Gasteiger partial charge in [-0.25, -0.2) is 4.39 Å². The Hall–Kier alpha value is -2.21. The van der Waals surface area contributed by atoms with Crippen molar-refractivity contribution in [2.24, 2.45) is 5.92 Å². The summed E-state index contributed by atoms with van der Waals surface area (Å²) in [7, 11) is 1.61. The van der Waals surface area contributed by atoms with Gasteiger partial charge in [0.25, 0.3) is 5.91 Å². The molecule has 0 bridgehead atoms. The van der Waals surface area contributed by atoms with Crippen LogP contribution in [0.3, 0.4) is 0 Å². The van der Waals surface area contributed by atoms with Crippen LogP contribution < -0.4 is 5.32 Å². The molecule has 1 N–H and O–H groups in total. The van der Waals surface area contributed by atoms with Gasteiger partial charge < -0.3 is 10.2 Å². The number of hydrogen-bond donors (Lipinski definition) is 1. The Bertz CT molecular complexity index is 818. The van der Waals surface area contributed by atoms with E-state index in [1.807, 2.05) is 6.07 Å². The second-order valence-electron chi connectivity index (χ2n) is 6.80. The van der Waals surface area contributed by atoms with Crippen molar-refractivity contribution < 1.29 is 14.0 Å². The highest BCUT2D eigenvalue weighted by Gasteiger charge is 2.24. The van der Waals surface area contributed by atoms with Crippen molar-refractivity contribution in [1.29, 1.82) is 0 Å². The van der Waals surface area contributed by atoms with Gasteiger partial charge in [0.2, 0.25) is 5.91 Å². The number of amides is 2. The summed E-state index contributed by atoms with van der Waals surface area (Å²) in [4.78, 5) is 28.2. The van der Waals surface area contributed by atoms with Crippen LogP contribution in [0.25, 0.3) is 0 Å². The number of nitrogens with one attached hydrogen (secondary N) is 1. The van der Waals surface area contributed by atoms with E-state index in [2.05, 4.69) is 12.2 Å². The molecule has 1 atom stereocenters. The van der Waals surface area contributed by atoms with Crippen LogP contribution in [0.1, 0.15) is 39.9 Å². The monoisotopic (exact) mass is 374 g/mol. The number of rotatable bonds is 5. The molecule has 0 saturated carbocycles. The van der Waals surface area contributed by atoms with Gasteiger partial charge in [0.15, 0.2) is 0 Å². The zero-order valence-electron chi connectivity index (χ0n) is 15.0. The number of anilines is 1. The molecule has 4 nitrogen and oxygen atoms in total. The molecule has 0 saturated heterocycles. The molecule has 1 aromatic heterocycles.